The summed E-state index contributed by atoms with van der Waals surface area (Å²) in [7, 11) is 0. The summed E-state index contributed by atoms with van der Waals surface area (Å²) in [6.07, 6.45) is -0.422. The molecule has 0 heterocycles. The van der Waals surface area contributed by atoms with E-state index >= 15 is 0 Å². The van der Waals surface area contributed by atoms with E-state index in [1.807, 2.05) is 0 Å². The molecule has 5 heteroatoms. The second kappa shape index (κ2) is 5.56. The van der Waals surface area contributed by atoms with Crippen molar-refractivity contribution in [1.82, 2.24) is 0 Å². The van der Waals surface area contributed by atoms with Crippen molar-refractivity contribution in [3.8, 4) is 0 Å². The van der Waals surface area contributed by atoms with Gasteiger partial charge in [-0.05, 0) is 24.5 Å². The molecule has 2 rings (SSSR count). The molecule has 1 fully saturated rings. The van der Waals surface area contributed by atoms with Crippen LogP contribution in [0.5, 0.6) is 0 Å². The summed E-state index contributed by atoms with van der Waals surface area (Å²) >= 11 is 0. The van der Waals surface area contributed by atoms with Crippen LogP contribution in [-0.2, 0) is 17.4 Å². The Hall–Kier alpha value is -1.36. The maximum atomic E-state index is 12.6. The second-order valence-corrected chi connectivity index (χ2v) is 5.66. The predicted octanol–water partition coefficient (Wildman–Crippen LogP) is 3.48. The van der Waals surface area contributed by atoms with Gasteiger partial charge in [0.25, 0.3) is 0 Å². The Morgan fingerprint density at radius 3 is 2.50 bits per heavy atom. The van der Waals surface area contributed by atoms with Crippen molar-refractivity contribution in [3.05, 3.63) is 35.4 Å². The molecule has 1 aromatic rings. The SMILES string of the molecule is NC1(CC(=O)Cc2cccc(C(F)(F)F)c2)CCCC1. The fraction of sp³-hybridized carbons (Fsp3) is 0.533. The lowest BCUT2D eigenvalue weighted by molar-refractivity contribution is -0.137. The first-order chi connectivity index (χ1) is 9.28. The minimum absolute atomic E-state index is 0.0167. The van der Waals surface area contributed by atoms with Gasteiger partial charge in [-0.15, -0.1) is 0 Å². The smallest absolute Gasteiger partial charge is 0.325 e. The molecule has 0 saturated heterocycles. The van der Waals surface area contributed by atoms with Crippen LogP contribution in [0.4, 0.5) is 13.2 Å². The summed E-state index contributed by atoms with van der Waals surface area (Å²) in [6, 6.07) is 4.93. The van der Waals surface area contributed by atoms with Crippen molar-refractivity contribution in [2.24, 2.45) is 5.73 Å². The zero-order valence-electron chi connectivity index (χ0n) is 11.2. The highest BCUT2D eigenvalue weighted by Gasteiger charge is 2.32. The van der Waals surface area contributed by atoms with Crippen LogP contribution in [0.3, 0.4) is 0 Å². The largest absolute Gasteiger partial charge is 0.416 e. The summed E-state index contributed by atoms with van der Waals surface area (Å²) in [4.78, 5) is 12.0. The van der Waals surface area contributed by atoms with Crippen molar-refractivity contribution in [2.75, 3.05) is 0 Å². The molecule has 0 aliphatic heterocycles. The standard InChI is InChI=1S/C15H18F3NO/c16-15(17,18)12-5-3-4-11(8-12)9-13(20)10-14(19)6-1-2-7-14/h3-5,8H,1-2,6-7,9-10,19H2. The van der Waals surface area contributed by atoms with Crippen molar-refractivity contribution in [1.29, 1.82) is 0 Å². The zero-order valence-corrected chi connectivity index (χ0v) is 11.2. The topological polar surface area (TPSA) is 43.1 Å². The van der Waals surface area contributed by atoms with E-state index in [-0.39, 0.29) is 18.6 Å². The molecular formula is C15H18F3NO. The van der Waals surface area contributed by atoms with Crippen LogP contribution in [-0.4, -0.2) is 11.3 Å². The monoisotopic (exact) mass is 285 g/mol. The number of Topliss-reactive ketones (excluding diaryl/α,β-unsaturated/α-hetero) is 1. The van der Waals surface area contributed by atoms with Gasteiger partial charge in [0.1, 0.15) is 5.78 Å². The van der Waals surface area contributed by atoms with Gasteiger partial charge in [0.15, 0.2) is 0 Å². The fourth-order valence-corrected chi connectivity index (χ4v) is 2.80. The molecule has 110 valence electrons. The molecule has 0 atom stereocenters. The number of hydrogen-bond donors (Lipinski definition) is 1. The van der Waals surface area contributed by atoms with Gasteiger partial charge >= 0.3 is 6.18 Å². The van der Waals surface area contributed by atoms with Crippen molar-refractivity contribution in [3.63, 3.8) is 0 Å². The number of halogens is 3. The first kappa shape index (κ1) is 15.0. The number of hydrogen-bond acceptors (Lipinski definition) is 2. The lowest BCUT2D eigenvalue weighted by atomic mass is 9.90. The van der Waals surface area contributed by atoms with Gasteiger partial charge < -0.3 is 5.73 Å². The van der Waals surface area contributed by atoms with Crippen LogP contribution in [0.15, 0.2) is 24.3 Å². The van der Waals surface area contributed by atoms with Gasteiger partial charge in [-0.2, -0.15) is 13.2 Å². The number of benzene rings is 1. The molecule has 1 aliphatic carbocycles. The Morgan fingerprint density at radius 1 is 1.25 bits per heavy atom. The van der Waals surface area contributed by atoms with E-state index in [2.05, 4.69) is 0 Å². The van der Waals surface area contributed by atoms with E-state index in [1.165, 1.54) is 6.07 Å². The van der Waals surface area contributed by atoms with Gasteiger partial charge in [-0.1, -0.05) is 31.0 Å². The Labute approximate surface area is 116 Å². The number of carbonyl (C=O) groups is 1. The van der Waals surface area contributed by atoms with E-state index < -0.39 is 17.3 Å². The van der Waals surface area contributed by atoms with Crippen LogP contribution in [0.25, 0.3) is 0 Å². The number of nitrogens with two attached hydrogens (primary N) is 1. The van der Waals surface area contributed by atoms with Crippen LogP contribution < -0.4 is 5.73 Å². The van der Waals surface area contributed by atoms with Crippen molar-refractivity contribution < 1.29 is 18.0 Å². The van der Waals surface area contributed by atoms with Crippen LogP contribution in [0.1, 0.15) is 43.2 Å². The average molecular weight is 285 g/mol. The van der Waals surface area contributed by atoms with Crippen molar-refractivity contribution >= 4 is 5.78 Å². The van der Waals surface area contributed by atoms with Crippen LogP contribution in [0.2, 0.25) is 0 Å². The molecule has 2 nitrogen and oxygen atoms in total. The zero-order chi connectivity index (χ0) is 14.8. The van der Waals surface area contributed by atoms with Crippen LogP contribution in [0, 0.1) is 0 Å². The molecule has 1 aromatic carbocycles. The second-order valence-electron chi connectivity index (χ2n) is 5.66. The predicted molar refractivity (Wildman–Crippen MR) is 70.2 cm³/mol. The molecule has 1 aliphatic rings. The summed E-state index contributed by atoms with van der Waals surface area (Å²) in [5.74, 6) is -0.0891. The van der Waals surface area contributed by atoms with Crippen molar-refractivity contribution in [2.45, 2.75) is 50.2 Å². The van der Waals surface area contributed by atoms with Gasteiger partial charge in [0, 0.05) is 18.4 Å². The summed E-state index contributed by atoms with van der Waals surface area (Å²) in [5, 5.41) is 0. The molecule has 0 amide bonds. The molecule has 20 heavy (non-hydrogen) atoms. The van der Waals surface area contributed by atoms with E-state index in [9.17, 15) is 18.0 Å². The molecular weight excluding hydrogens is 267 g/mol. The summed E-state index contributed by atoms with van der Waals surface area (Å²) < 4.78 is 37.8. The molecule has 2 N–H and O–H groups in total. The lowest BCUT2D eigenvalue weighted by Gasteiger charge is -2.22. The number of alkyl halides is 3. The Balaban J connectivity index is 2.01. The van der Waals surface area contributed by atoms with Gasteiger partial charge in [-0.3, -0.25) is 4.79 Å². The third-order valence-electron chi connectivity index (χ3n) is 3.80. The quantitative estimate of drug-likeness (QED) is 0.920. The normalized spacial score (nSPS) is 18.2. The summed E-state index contributed by atoms with van der Waals surface area (Å²) in [6.45, 7) is 0. The minimum atomic E-state index is -4.38. The Morgan fingerprint density at radius 2 is 1.90 bits per heavy atom. The molecule has 0 radical (unpaired) electrons. The van der Waals surface area contributed by atoms with E-state index in [1.54, 1.807) is 6.07 Å². The first-order valence-corrected chi connectivity index (χ1v) is 6.75. The molecule has 0 unspecified atom stereocenters. The molecule has 1 saturated carbocycles. The van der Waals surface area contributed by atoms with Gasteiger partial charge in [0.2, 0.25) is 0 Å². The molecule has 0 spiro atoms. The van der Waals surface area contributed by atoms with Gasteiger partial charge in [-0.25, -0.2) is 0 Å². The third kappa shape index (κ3) is 3.82. The molecule has 0 bridgehead atoms. The highest BCUT2D eigenvalue weighted by Crippen LogP contribution is 2.32. The summed E-state index contributed by atoms with van der Waals surface area (Å²) in [5.41, 5.74) is 5.34. The highest BCUT2D eigenvalue weighted by atomic mass is 19.4. The number of carbonyl (C=O) groups excluding carboxylic acids is 1. The Bertz CT molecular complexity index is 490. The third-order valence-corrected chi connectivity index (χ3v) is 3.80. The molecule has 0 aromatic heterocycles. The lowest BCUT2D eigenvalue weighted by Crippen LogP contribution is -2.39. The van der Waals surface area contributed by atoms with Crippen LogP contribution >= 0.6 is 0 Å². The minimum Gasteiger partial charge on any atom is -0.325 e. The number of rotatable bonds is 4. The van der Waals surface area contributed by atoms with E-state index in [0.717, 1.165) is 37.8 Å². The maximum absolute atomic E-state index is 12.6. The Kier molecular flexibility index (Phi) is 4.18. The number of ketones is 1. The van der Waals surface area contributed by atoms with E-state index in [0.29, 0.717) is 5.56 Å². The first-order valence-electron chi connectivity index (χ1n) is 6.75. The maximum Gasteiger partial charge on any atom is 0.416 e. The average Bonchev–Trinajstić information content (AvgIpc) is 2.74. The van der Waals surface area contributed by atoms with Gasteiger partial charge in [0.05, 0.1) is 5.56 Å². The highest BCUT2D eigenvalue weighted by molar-refractivity contribution is 5.82. The fourth-order valence-electron chi connectivity index (χ4n) is 2.80. The van der Waals surface area contributed by atoms with E-state index in [4.69, 9.17) is 5.73 Å².